The summed E-state index contributed by atoms with van der Waals surface area (Å²) in [5.74, 6) is -0.548. The average Bonchev–Trinajstić information content (AvgIpc) is 2.60. The van der Waals surface area contributed by atoms with E-state index in [-0.39, 0.29) is 16.1 Å². The fourth-order valence-electron chi connectivity index (χ4n) is 0.935. The molecule has 0 radical (unpaired) electrons. The van der Waals surface area contributed by atoms with Crippen LogP contribution in [0.15, 0.2) is 11.4 Å². The lowest BCUT2D eigenvalue weighted by atomic mass is 10.4. The van der Waals surface area contributed by atoms with Gasteiger partial charge in [-0.15, -0.1) is 11.3 Å². The highest BCUT2D eigenvalue weighted by Crippen LogP contribution is 2.30. The van der Waals surface area contributed by atoms with Crippen LogP contribution in [0.2, 0.25) is 15.3 Å². The first-order chi connectivity index (χ1) is 7.08. The Kier molecular flexibility index (Phi) is 3.11. The van der Waals surface area contributed by atoms with Gasteiger partial charge in [0, 0.05) is 5.38 Å². The molecule has 0 aliphatic heterocycles. The molecule has 0 aromatic carbocycles. The molecule has 15 heavy (non-hydrogen) atoms. The predicted molar refractivity (Wildman–Crippen MR) is 60.3 cm³/mol. The molecular formula is C8H2Cl3FN2S. The van der Waals surface area contributed by atoms with Crippen molar-refractivity contribution in [3.63, 3.8) is 0 Å². The molecule has 7 heteroatoms. The van der Waals surface area contributed by atoms with Crippen molar-refractivity contribution in [1.82, 2.24) is 9.97 Å². The third kappa shape index (κ3) is 2.23. The first kappa shape index (κ1) is 11.1. The van der Waals surface area contributed by atoms with E-state index in [1.54, 1.807) is 11.4 Å². The Hall–Kier alpha value is -0.420. The van der Waals surface area contributed by atoms with Crippen molar-refractivity contribution in [3.05, 3.63) is 32.6 Å². The normalized spacial score (nSPS) is 10.7. The molecule has 0 unspecified atom stereocenters. The number of aromatic nitrogens is 2. The number of hydrogen-bond acceptors (Lipinski definition) is 3. The van der Waals surface area contributed by atoms with Crippen LogP contribution in [-0.2, 0) is 0 Å². The van der Waals surface area contributed by atoms with Gasteiger partial charge >= 0.3 is 0 Å². The van der Waals surface area contributed by atoms with E-state index < -0.39 is 5.82 Å². The van der Waals surface area contributed by atoms with Gasteiger partial charge in [-0.25, -0.2) is 14.4 Å². The molecular weight excluding hydrogens is 282 g/mol. The quantitative estimate of drug-likeness (QED) is 0.729. The average molecular weight is 284 g/mol. The second kappa shape index (κ2) is 4.22. The Morgan fingerprint density at radius 3 is 2.20 bits per heavy atom. The maximum atomic E-state index is 13.0. The van der Waals surface area contributed by atoms with E-state index in [4.69, 9.17) is 34.8 Å². The molecule has 0 N–H and O–H groups in total. The van der Waals surface area contributed by atoms with Crippen molar-refractivity contribution < 1.29 is 4.39 Å². The maximum Gasteiger partial charge on any atom is 0.197 e. The second-order valence-electron chi connectivity index (χ2n) is 2.57. The van der Waals surface area contributed by atoms with Crippen LogP contribution in [0, 0.1) is 5.82 Å². The number of rotatable bonds is 1. The summed E-state index contributed by atoms with van der Waals surface area (Å²) in [6.07, 6.45) is 0. The van der Waals surface area contributed by atoms with Crippen molar-refractivity contribution in [2.75, 3.05) is 0 Å². The van der Waals surface area contributed by atoms with E-state index in [2.05, 4.69) is 9.97 Å². The van der Waals surface area contributed by atoms with Gasteiger partial charge in [0.15, 0.2) is 21.9 Å². The van der Waals surface area contributed by atoms with Gasteiger partial charge in [-0.2, -0.15) is 0 Å². The summed E-state index contributed by atoms with van der Waals surface area (Å²) in [5.41, 5.74) is 0. The lowest BCUT2D eigenvalue weighted by molar-refractivity contribution is 0.615. The summed E-state index contributed by atoms with van der Waals surface area (Å²) < 4.78 is 13.0. The van der Waals surface area contributed by atoms with Gasteiger partial charge in [0.2, 0.25) is 0 Å². The van der Waals surface area contributed by atoms with Crippen molar-refractivity contribution in [2.24, 2.45) is 0 Å². The molecule has 78 valence electrons. The molecule has 0 saturated heterocycles. The first-order valence-electron chi connectivity index (χ1n) is 3.71. The first-order valence-corrected chi connectivity index (χ1v) is 5.72. The number of hydrogen-bond donors (Lipinski definition) is 0. The summed E-state index contributed by atoms with van der Waals surface area (Å²) in [7, 11) is 0. The van der Waals surface area contributed by atoms with Crippen LogP contribution in [0.5, 0.6) is 0 Å². The summed E-state index contributed by atoms with van der Waals surface area (Å²) in [5, 5.41) is 1.69. The number of thiophene rings is 1. The molecule has 2 nitrogen and oxygen atoms in total. The van der Waals surface area contributed by atoms with E-state index in [0.29, 0.717) is 9.90 Å². The van der Waals surface area contributed by atoms with Gasteiger partial charge in [-0.3, -0.25) is 0 Å². The lowest BCUT2D eigenvalue weighted by Crippen LogP contribution is -1.92. The van der Waals surface area contributed by atoms with Gasteiger partial charge in [0.1, 0.15) is 0 Å². The van der Waals surface area contributed by atoms with Crippen LogP contribution >= 0.6 is 46.1 Å². The van der Waals surface area contributed by atoms with E-state index in [1.807, 2.05) is 0 Å². The summed E-state index contributed by atoms with van der Waals surface area (Å²) in [6.45, 7) is 0. The Bertz CT molecular complexity index is 491. The van der Waals surface area contributed by atoms with E-state index in [0.717, 1.165) is 0 Å². The van der Waals surface area contributed by atoms with Gasteiger partial charge < -0.3 is 0 Å². The highest BCUT2D eigenvalue weighted by Gasteiger charge is 2.13. The zero-order valence-corrected chi connectivity index (χ0v) is 10.1. The molecule has 0 bridgehead atoms. The Balaban J connectivity index is 2.55. The van der Waals surface area contributed by atoms with Crippen molar-refractivity contribution in [3.8, 4) is 10.7 Å². The van der Waals surface area contributed by atoms with Crippen LogP contribution in [-0.4, -0.2) is 9.97 Å². The molecule has 0 saturated carbocycles. The molecule has 2 rings (SSSR count). The molecule has 2 heterocycles. The van der Waals surface area contributed by atoms with Crippen LogP contribution in [0.3, 0.4) is 0 Å². The highest BCUT2D eigenvalue weighted by molar-refractivity contribution is 7.14. The number of halogens is 4. The smallest absolute Gasteiger partial charge is 0.197 e. The van der Waals surface area contributed by atoms with Gasteiger partial charge in [-0.1, -0.05) is 34.8 Å². The largest absolute Gasteiger partial charge is 0.212 e. The topological polar surface area (TPSA) is 25.8 Å². The monoisotopic (exact) mass is 282 g/mol. The number of nitrogens with zero attached hydrogens (tertiary/aromatic N) is 2. The van der Waals surface area contributed by atoms with Crippen LogP contribution < -0.4 is 0 Å². The standard InChI is InChI=1S/C8H2Cl3FN2S/c9-3-1-4(15-2-3)8-13-6(10)5(12)7(11)14-8/h1-2H. The molecule has 0 amide bonds. The van der Waals surface area contributed by atoms with Gasteiger partial charge in [0.05, 0.1) is 9.90 Å². The molecule has 0 fully saturated rings. The summed E-state index contributed by atoms with van der Waals surface area (Å²) in [4.78, 5) is 8.21. The minimum absolute atomic E-state index is 0.267. The highest BCUT2D eigenvalue weighted by atomic mass is 35.5. The molecule has 0 aliphatic rings. The Labute approximate surface area is 104 Å². The van der Waals surface area contributed by atoms with Gasteiger partial charge in [0.25, 0.3) is 0 Å². The molecule has 0 aliphatic carbocycles. The molecule has 2 aromatic rings. The van der Waals surface area contributed by atoms with Crippen molar-refractivity contribution in [2.45, 2.75) is 0 Å². The Morgan fingerprint density at radius 1 is 1.13 bits per heavy atom. The Morgan fingerprint density at radius 2 is 1.73 bits per heavy atom. The van der Waals surface area contributed by atoms with Crippen LogP contribution in [0.25, 0.3) is 10.7 Å². The van der Waals surface area contributed by atoms with E-state index in [9.17, 15) is 4.39 Å². The predicted octanol–water partition coefficient (Wildman–Crippen LogP) is 4.30. The molecule has 2 aromatic heterocycles. The molecule has 0 atom stereocenters. The minimum Gasteiger partial charge on any atom is -0.212 e. The zero-order chi connectivity index (χ0) is 11.0. The fraction of sp³-hybridized carbons (Fsp3) is 0. The van der Waals surface area contributed by atoms with Gasteiger partial charge in [-0.05, 0) is 6.07 Å². The van der Waals surface area contributed by atoms with Crippen molar-refractivity contribution in [1.29, 1.82) is 0 Å². The second-order valence-corrected chi connectivity index (χ2v) is 4.64. The van der Waals surface area contributed by atoms with Crippen LogP contribution in [0.4, 0.5) is 4.39 Å². The van der Waals surface area contributed by atoms with Crippen LogP contribution in [0.1, 0.15) is 0 Å². The third-order valence-corrected chi connectivity index (χ3v) is 3.33. The summed E-state index contributed by atoms with van der Waals surface area (Å²) in [6, 6.07) is 1.66. The van der Waals surface area contributed by atoms with E-state index in [1.165, 1.54) is 11.3 Å². The SMILES string of the molecule is Fc1c(Cl)nc(-c2cc(Cl)cs2)nc1Cl. The minimum atomic E-state index is -0.815. The lowest BCUT2D eigenvalue weighted by Gasteiger charge is -1.99. The third-order valence-electron chi connectivity index (χ3n) is 1.56. The zero-order valence-electron chi connectivity index (χ0n) is 6.97. The fourth-order valence-corrected chi connectivity index (χ4v) is 2.33. The summed E-state index contributed by atoms with van der Waals surface area (Å²) >= 11 is 18.1. The van der Waals surface area contributed by atoms with Crippen molar-refractivity contribution >= 4 is 46.1 Å². The van der Waals surface area contributed by atoms with E-state index >= 15 is 0 Å². The maximum absolute atomic E-state index is 13.0. The molecule has 0 spiro atoms.